The molecule has 0 saturated heterocycles. The molecular formula is C4H3N2O. The molecular weight excluding hydrogens is 92.1 g/mol. The molecule has 0 unspecified atom stereocenters. The van der Waals surface area contributed by atoms with E-state index in [2.05, 4.69) is 11.2 Å². The van der Waals surface area contributed by atoms with Crippen LogP contribution in [-0.2, 0) is 4.79 Å². The Morgan fingerprint density at radius 3 is 3.00 bits per heavy atom. The quantitative estimate of drug-likeness (QED) is 0.450. The van der Waals surface area contributed by atoms with Gasteiger partial charge in [-0.05, 0) is 0 Å². The van der Waals surface area contributed by atoms with Gasteiger partial charge in [0.05, 0.1) is 6.20 Å². The van der Waals surface area contributed by atoms with Gasteiger partial charge in [-0.3, -0.25) is 4.79 Å². The van der Waals surface area contributed by atoms with E-state index in [0.717, 1.165) is 4.68 Å². The first kappa shape index (κ1) is 4.05. The maximum atomic E-state index is 9.75. The zero-order chi connectivity index (χ0) is 5.11. The van der Waals surface area contributed by atoms with E-state index in [1.165, 1.54) is 12.4 Å². The van der Waals surface area contributed by atoms with Gasteiger partial charge in [0.2, 0.25) is 6.41 Å². The summed E-state index contributed by atoms with van der Waals surface area (Å²) in [6.07, 6.45) is 3.48. The van der Waals surface area contributed by atoms with Crippen molar-refractivity contribution in [1.29, 1.82) is 0 Å². The Hall–Kier alpha value is -1.12. The Bertz CT molecular complexity index is 145. The van der Waals surface area contributed by atoms with E-state index in [0.29, 0.717) is 6.41 Å². The van der Waals surface area contributed by atoms with Gasteiger partial charge < -0.3 is 0 Å². The molecule has 3 nitrogen and oxygen atoms in total. The van der Waals surface area contributed by atoms with Crippen LogP contribution in [0.3, 0.4) is 0 Å². The molecule has 0 fully saturated rings. The van der Waals surface area contributed by atoms with Crippen LogP contribution in [0.15, 0.2) is 12.4 Å². The monoisotopic (exact) mass is 95.0 g/mol. The zero-order valence-electron chi connectivity index (χ0n) is 3.53. The number of hydrogen-bond donors (Lipinski definition) is 0. The van der Waals surface area contributed by atoms with Crippen LogP contribution in [0.1, 0.15) is 0 Å². The summed E-state index contributed by atoms with van der Waals surface area (Å²) in [5, 5.41) is 3.53. The van der Waals surface area contributed by atoms with Gasteiger partial charge >= 0.3 is 0 Å². The van der Waals surface area contributed by atoms with Crippen molar-refractivity contribution in [2.75, 3.05) is 0 Å². The van der Waals surface area contributed by atoms with E-state index in [-0.39, 0.29) is 0 Å². The molecule has 35 valence electrons. The van der Waals surface area contributed by atoms with Gasteiger partial charge in [-0.25, -0.2) is 4.68 Å². The fourth-order valence-electron chi connectivity index (χ4n) is 0.301. The number of aromatic nitrogens is 2. The molecule has 1 radical (unpaired) electrons. The van der Waals surface area contributed by atoms with Crippen LogP contribution in [0.4, 0.5) is 0 Å². The summed E-state index contributed by atoms with van der Waals surface area (Å²) in [6, 6.07) is 2.60. The molecule has 0 saturated carbocycles. The molecule has 0 spiro atoms. The molecule has 7 heavy (non-hydrogen) atoms. The first-order valence-corrected chi connectivity index (χ1v) is 1.79. The van der Waals surface area contributed by atoms with Crippen molar-refractivity contribution in [1.82, 2.24) is 9.78 Å². The number of rotatable bonds is 1. The normalized spacial score (nSPS) is 8.57. The highest BCUT2D eigenvalue weighted by Crippen LogP contribution is 1.72. The minimum Gasteiger partial charge on any atom is -0.276 e. The average Bonchev–Trinajstić information content (AvgIpc) is 2.14. The predicted octanol–water partition coefficient (Wildman–Crippen LogP) is -0.278. The van der Waals surface area contributed by atoms with E-state index in [4.69, 9.17) is 0 Å². The summed E-state index contributed by atoms with van der Waals surface area (Å²) in [4.78, 5) is 9.75. The van der Waals surface area contributed by atoms with Crippen molar-refractivity contribution in [3.8, 4) is 0 Å². The summed E-state index contributed by atoms with van der Waals surface area (Å²) in [6.45, 7) is 0. The fourth-order valence-corrected chi connectivity index (χ4v) is 0.301. The van der Waals surface area contributed by atoms with Crippen LogP contribution in [0.2, 0.25) is 0 Å². The maximum absolute atomic E-state index is 9.75. The van der Waals surface area contributed by atoms with Crippen molar-refractivity contribution in [2.24, 2.45) is 0 Å². The molecule has 0 amide bonds. The number of hydrogen-bond acceptors (Lipinski definition) is 2. The van der Waals surface area contributed by atoms with Crippen molar-refractivity contribution >= 4 is 6.41 Å². The van der Waals surface area contributed by atoms with Crippen molar-refractivity contribution < 1.29 is 4.79 Å². The molecule has 1 rings (SSSR count). The summed E-state index contributed by atoms with van der Waals surface area (Å²) in [7, 11) is 0. The topological polar surface area (TPSA) is 34.9 Å². The Balaban J connectivity index is 2.96. The van der Waals surface area contributed by atoms with Gasteiger partial charge in [0, 0.05) is 12.3 Å². The summed E-state index contributed by atoms with van der Waals surface area (Å²) >= 11 is 0. The third-order valence-corrected chi connectivity index (χ3v) is 0.580. The Morgan fingerprint density at radius 1 is 1.86 bits per heavy atom. The third-order valence-electron chi connectivity index (χ3n) is 0.580. The lowest BCUT2D eigenvalue weighted by atomic mass is 10.8. The molecule has 1 heterocycles. The minimum atomic E-state index is 0.608. The Kier molecular flexibility index (Phi) is 0.898. The van der Waals surface area contributed by atoms with E-state index >= 15 is 0 Å². The molecule has 0 aliphatic heterocycles. The summed E-state index contributed by atoms with van der Waals surface area (Å²) in [5.74, 6) is 0. The number of carbonyl (C=O) groups is 1. The van der Waals surface area contributed by atoms with Crippen molar-refractivity contribution in [2.45, 2.75) is 0 Å². The molecule has 1 aromatic heterocycles. The number of carbonyl (C=O) groups excluding carboxylic acids is 1. The Labute approximate surface area is 40.6 Å². The second-order valence-electron chi connectivity index (χ2n) is 1.03. The van der Waals surface area contributed by atoms with E-state index in [9.17, 15) is 4.79 Å². The van der Waals surface area contributed by atoms with Gasteiger partial charge in [-0.1, -0.05) is 0 Å². The first-order chi connectivity index (χ1) is 3.43. The van der Waals surface area contributed by atoms with Gasteiger partial charge in [0.15, 0.2) is 0 Å². The Morgan fingerprint density at radius 2 is 2.71 bits per heavy atom. The van der Waals surface area contributed by atoms with E-state index in [1.807, 2.05) is 0 Å². The molecule has 0 bridgehead atoms. The third kappa shape index (κ3) is 0.652. The molecule has 0 aliphatic carbocycles. The maximum Gasteiger partial charge on any atom is 0.234 e. The van der Waals surface area contributed by atoms with Crippen LogP contribution in [0, 0.1) is 6.07 Å². The first-order valence-electron chi connectivity index (χ1n) is 1.79. The van der Waals surface area contributed by atoms with Crippen LogP contribution in [0.5, 0.6) is 0 Å². The average molecular weight is 95.1 g/mol. The van der Waals surface area contributed by atoms with Crippen LogP contribution in [0.25, 0.3) is 0 Å². The SMILES string of the molecule is O=Cn1c[c]cn1. The van der Waals surface area contributed by atoms with E-state index < -0.39 is 0 Å². The smallest absolute Gasteiger partial charge is 0.234 e. The molecule has 3 heteroatoms. The van der Waals surface area contributed by atoms with Gasteiger partial charge in [0.1, 0.15) is 0 Å². The molecule has 1 aromatic rings. The lowest BCUT2D eigenvalue weighted by Crippen LogP contribution is -1.92. The van der Waals surface area contributed by atoms with Crippen molar-refractivity contribution in [3.05, 3.63) is 18.5 Å². The van der Waals surface area contributed by atoms with Gasteiger partial charge in [-0.2, -0.15) is 5.10 Å². The van der Waals surface area contributed by atoms with E-state index in [1.54, 1.807) is 0 Å². The van der Waals surface area contributed by atoms with Crippen LogP contribution >= 0.6 is 0 Å². The molecule has 0 aromatic carbocycles. The standard InChI is InChI=1S/C4H3N2O/c7-4-6-3-1-2-5-6/h2-4H. The number of nitrogens with zero attached hydrogens (tertiary/aromatic N) is 2. The largest absolute Gasteiger partial charge is 0.276 e. The van der Waals surface area contributed by atoms with Crippen molar-refractivity contribution in [3.63, 3.8) is 0 Å². The van der Waals surface area contributed by atoms with Crippen LogP contribution < -0.4 is 0 Å². The zero-order valence-corrected chi connectivity index (χ0v) is 3.53. The second kappa shape index (κ2) is 1.55. The van der Waals surface area contributed by atoms with Crippen LogP contribution in [-0.4, -0.2) is 16.2 Å². The highest BCUT2D eigenvalue weighted by molar-refractivity contribution is 5.49. The lowest BCUT2D eigenvalue weighted by molar-refractivity contribution is 0.540. The lowest BCUT2D eigenvalue weighted by Gasteiger charge is -1.75. The minimum absolute atomic E-state index is 0.608. The van der Waals surface area contributed by atoms with Gasteiger partial charge in [0.25, 0.3) is 0 Å². The highest BCUT2D eigenvalue weighted by Gasteiger charge is 1.78. The molecule has 0 aliphatic rings. The summed E-state index contributed by atoms with van der Waals surface area (Å²) < 4.78 is 1.14. The molecule has 0 N–H and O–H groups in total. The molecule has 0 atom stereocenters. The highest BCUT2D eigenvalue weighted by atomic mass is 16.1. The van der Waals surface area contributed by atoms with Gasteiger partial charge in [-0.15, -0.1) is 0 Å². The second-order valence-corrected chi connectivity index (χ2v) is 1.03. The summed E-state index contributed by atoms with van der Waals surface area (Å²) in [5.41, 5.74) is 0. The predicted molar refractivity (Wildman–Crippen MR) is 23.2 cm³/mol. The fraction of sp³-hybridized carbons (Fsp3) is 0.